The molecule has 1 aromatic rings. The summed E-state index contributed by atoms with van der Waals surface area (Å²) in [7, 11) is 0. The van der Waals surface area contributed by atoms with E-state index in [1.165, 1.54) is 6.92 Å². The molecule has 0 aromatic heterocycles. The number of ether oxygens (including phenoxy) is 4. The second kappa shape index (κ2) is 10.9. The molecule has 2 unspecified atom stereocenters. The number of nitrogens with two attached hydrogens (primary N) is 1. The maximum Gasteiger partial charge on any atom is 0.437 e. The SMILES string of the molecule is CC(=O)OCC1O/C(=N\OC(=O)Nc2ccccc2)C(N)[C@@H](OC(C)=O)[C@@H]1OC(C)=O. The van der Waals surface area contributed by atoms with Gasteiger partial charge in [-0.05, 0) is 17.3 Å². The molecule has 1 fully saturated rings. The molecule has 2 rings (SSSR count). The van der Waals surface area contributed by atoms with Gasteiger partial charge in [0.1, 0.15) is 12.6 Å². The van der Waals surface area contributed by atoms with E-state index in [-0.39, 0.29) is 12.5 Å². The van der Waals surface area contributed by atoms with Crippen LogP contribution in [-0.4, -0.2) is 60.9 Å². The number of rotatable bonds is 6. The van der Waals surface area contributed by atoms with Crippen LogP contribution >= 0.6 is 0 Å². The van der Waals surface area contributed by atoms with Crippen molar-refractivity contribution in [1.29, 1.82) is 0 Å². The summed E-state index contributed by atoms with van der Waals surface area (Å²) < 4.78 is 20.8. The summed E-state index contributed by atoms with van der Waals surface area (Å²) in [6.45, 7) is 3.08. The van der Waals surface area contributed by atoms with Crippen molar-refractivity contribution < 1.29 is 43.0 Å². The predicted molar refractivity (Wildman–Crippen MR) is 105 cm³/mol. The van der Waals surface area contributed by atoms with Gasteiger partial charge in [0.25, 0.3) is 0 Å². The Hall–Kier alpha value is -3.67. The Morgan fingerprint density at radius 1 is 1.00 bits per heavy atom. The van der Waals surface area contributed by atoms with Crippen molar-refractivity contribution in [2.45, 2.75) is 45.1 Å². The van der Waals surface area contributed by atoms with Crippen LogP contribution in [0.5, 0.6) is 0 Å². The Balaban J connectivity index is 2.21. The highest BCUT2D eigenvalue weighted by Gasteiger charge is 2.48. The van der Waals surface area contributed by atoms with E-state index in [0.717, 1.165) is 13.8 Å². The molecule has 1 amide bonds. The highest BCUT2D eigenvalue weighted by molar-refractivity contribution is 5.87. The molecule has 0 saturated carbocycles. The normalized spacial score (nSPS) is 23.8. The zero-order chi connectivity index (χ0) is 23.0. The number of carbonyl (C=O) groups is 4. The fraction of sp³-hybridized carbons (Fsp3) is 0.421. The largest absolute Gasteiger partial charge is 0.466 e. The van der Waals surface area contributed by atoms with Crippen LogP contribution in [0.3, 0.4) is 0 Å². The number of hydrogen-bond acceptors (Lipinski definition) is 11. The third-order valence-electron chi connectivity index (χ3n) is 3.90. The van der Waals surface area contributed by atoms with Gasteiger partial charge in [-0.1, -0.05) is 18.2 Å². The van der Waals surface area contributed by atoms with Gasteiger partial charge in [-0.2, -0.15) is 0 Å². The maximum atomic E-state index is 12.0. The molecule has 12 heteroatoms. The lowest BCUT2D eigenvalue weighted by Crippen LogP contribution is -2.62. The van der Waals surface area contributed by atoms with Crippen LogP contribution in [0.15, 0.2) is 35.5 Å². The van der Waals surface area contributed by atoms with E-state index < -0.39 is 48.4 Å². The number of benzene rings is 1. The molecule has 1 heterocycles. The van der Waals surface area contributed by atoms with Gasteiger partial charge in [-0.15, -0.1) is 0 Å². The first-order valence-corrected chi connectivity index (χ1v) is 9.18. The van der Waals surface area contributed by atoms with Crippen LogP contribution in [-0.2, 0) is 38.2 Å². The zero-order valence-corrected chi connectivity index (χ0v) is 17.1. The number of carbonyl (C=O) groups excluding carboxylic acids is 4. The Kier molecular flexibility index (Phi) is 8.32. The van der Waals surface area contributed by atoms with Gasteiger partial charge in [-0.3, -0.25) is 24.5 Å². The number of esters is 3. The van der Waals surface area contributed by atoms with E-state index >= 15 is 0 Å². The van der Waals surface area contributed by atoms with Crippen molar-refractivity contribution in [2.24, 2.45) is 10.9 Å². The fourth-order valence-corrected chi connectivity index (χ4v) is 2.68. The van der Waals surface area contributed by atoms with Crippen molar-refractivity contribution >= 4 is 35.6 Å². The van der Waals surface area contributed by atoms with Crippen LogP contribution in [0.4, 0.5) is 10.5 Å². The average Bonchev–Trinajstić information content (AvgIpc) is 2.69. The van der Waals surface area contributed by atoms with Gasteiger partial charge in [-0.25, -0.2) is 4.79 Å². The molecule has 3 N–H and O–H groups in total. The summed E-state index contributed by atoms with van der Waals surface area (Å²) >= 11 is 0. The monoisotopic (exact) mass is 437 g/mol. The maximum absolute atomic E-state index is 12.0. The number of oxime groups is 1. The molecule has 1 aliphatic rings. The quantitative estimate of drug-likeness (QED) is 0.280. The van der Waals surface area contributed by atoms with Crippen molar-refractivity contribution in [2.75, 3.05) is 11.9 Å². The highest BCUT2D eigenvalue weighted by Crippen LogP contribution is 2.23. The minimum Gasteiger partial charge on any atom is -0.466 e. The molecule has 1 saturated heterocycles. The van der Waals surface area contributed by atoms with Gasteiger partial charge < -0.3 is 24.7 Å². The van der Waals surface area contributed by atoms with E-state index in [0.29, 0.717) is 5.69 Å². The minimum absolute atomic E-state index is 0.324. The molecule has 168 valence electrons. The lowest BCUT2D eigenvalue weighted by atomic mass is 9.97. The van der Waals surface area contributed by atoms with E-state index in [2.05, 4.69) is 10.5 Å². The predicted octanol–water partition coefficient (Wildman–Crippen LogP) is 0.701. The number of hydrogen-bond donors (Lipinski definition) is 2. The number of anilines is 1. The summed E-state index contributed by atoms with van der Waals surface area (Å²) in [5.74, 6) is -2.37. The van der Waals surface area contributed by atoms with E-state index in [1.54, 1.807) is 30.3 Å². The molecule has 0 radical (unpaired) electrons. The molecule has 1 aromatic carbocycles. The van der Waals surface area contributed by atoms with Crippen molar-refractivity contribution in [1.82, 2.24) is 0 Å². The van der Waals surface area contributed by atoms with Gasteiger partial charge in [0.05, 0.1) is 0 Å². The van der Waals surface area contributed by atoms with Crippen LogP contribution in [0, 0.1) is 0 Å². The van der Waals surface area contributed by atoms with Crippen molar-refractivity contribution in [3.05, 3.63) is 30.3 Å². The Morgan fingerprint density at radius 3 is 2.19 bits per heavy atom. The summed E-state index contributed by atoms with van der Waals surface area (Å²) in [5, 5.41) is 6.03. The van der Waals surface area contributed by atoms with Gasteiger partial charge in [0.15, 0.2) is 18.3 Å². The van der Waals surface area contributed by atoms with Crippen molar-refractivity contribution in [3.8, 4) is 0 Å². The third-order valence-corrected chi connectivity index (χ3v) is 3.90. The lowest BCUT2D eigenvalue weighted by Gasteiger charge is -2.39. The zero-order valence-electron chi connectivity index (χ0n) is 17.1. The summed E-state index contributed by atoms with van der Waals surface area (Å²) in [6.07, 6.45) is -4.50. The standard InChI is InChI=1S/C19H23N3O9/c1-10(23)27-9-14-16(28-11(2)24)17(29-12(3)25)15(20)18(30-14)22-31-19(26)21-13-7-5-4-6-8-13/h4-8,14-17H,9,20H2,1-3H3,(H,21,26)/b22-18-/t14?,15?,16-,17-/m1/s1. The summed E-state index contributed by atoms with van der Waals surface area (Å²) in [5.41, 5.74) is 6.51. The highest BCUT2D eigenvalue weighted by atomic mass is 16.7. The van der Waals surface area contributed by atoms with Gasteiger partial charge >= 0.3 is 24.0 Å². The molecular formula is C19H23N3O9. The third kappa shape index (κ3) is 7.26. The topological polar surface area (TPSA) is 165 Å². The minimum atomic E-state index is -1.24. The van der Waals surface area contributed by atoms with E-state index in [1.807, 2.05) is 0 Å². The van der Waals surface area contributed by atoms with Crippen LogP contribution in [0.2, 0.25) is 0 Å². The van der Waals surface area contributed by atoms with E-state index in [9.17, 15) is 19.2 Å². The first-order chi connectivity index (χ1) is 14.7. The molecule has 1 aliphatic heterocycles. The number of para-hydroxylation sites is 1. The Labute approximate surface area is 177 Å². The number of nitrogens with one attached hydrogen (secondary N) is 1. The molecule has 12 nitrogen and oxygen atoms in total. The summed E-state index contributed by atoms with van der Waals surface area (Å²) in [6, 6.07) is 7.20. The van der Waals surface area contributed by atoms with Gasteiger partial charge in [0, 0.05) is 26.5 Å². The lowest BCUT2D eigenvalue weighted by molar-refractivity contribution is -0.185. The molecule has 4 atom stereocenters. The molecular weight excluding hydrogens is 414 g/mol. The average molecular weight is 437 g/mol. The van der Waals surface area contributed by atoms with Crippen LogP contribution in [0.1, 0.15) is 20.8 Å². The second-order valence-corrected chi connectivity index (χ2v) is 6.43. The number of nitrogens with zero attached hydrogens (tertiary/aromatic N) is 1. The Bertz CT molecular complexity index is 843. The van der Waals surface area contributed by atoms with E-state index in [4.69, 9.17) is 29.5 Å². The van der Waals surface area contributed by atoms with Crippen LogP contribution < -0.4 is 11.1 Å². The van der Waals surface area contributed by atoms with Crippen LogP contribution in [0.25, 0.3) is 0 Å². The second-order valence-electron chi connectivity index (χ2n) is 6.43. The molecule has 0 spiro atoms. The van der Waals surface area contributed by atoms with Gasteiger partial charge in [0.2, 0.25) is 5.90 Å². The smallest absolute Gasteiger partial charge is 0.437 e. The first kappa shape index (κ1) is 23.6. The molecule has 0 aliphatic carbocycles. The fourth-order valence-electron chi connectivity index (χ4n) is 2.68. The Morgan fingerprint density at radius 2 is 1.61 bits per heavy atom. The molecule has 31 heavy (non-hydrogen) atoms. The molecule has 0 bridgehead atoms. The first-order valence-electron chi connectivity index (χ1n) is 9.18. The van der Waals surface area contributed by atoms with Crippen molar-refractivity contribution in [3.63, 3.8) is 0 Å². The number of amides is 1. The summed E-state index contributed by atoms with van der Waals surface area (Å²) in [4.78, 5) is 51.0.